The van der Waals surface area contributed by atoms with Gasteiger partial charge in [-0.25, -0.2) is 0 Å². The van der Waals surface area contributed by atoms with Crippen molar-refractivity contribution >= 4 is 5.69 Å². The van der Waals surface area contributed by atoms with Crippen molar-refractivity contribution in [2.45, 2.75) is 45.2 Å². The number of likely N-dealkylation sites (tertiary alicyclic amines) is 1. The Morgan fingerprint density at radius 3 is 2.76 bits per heavy atom. The maximum absolute atomic E-state index is 3.65. The second kappa shape index (κ2) is 6.80. The van der Waals surface area contributed by atoms with Gasteiger partial charge in [0.1, 0.15) is 0 Å². The van der Waals surface area contributed by atoms with Crippen LogP contribution in [0.5, 0.6) is 0 Å². The molecule has 0 aliphatic carbocycles. The minimum absolute atomic E-state index is 0.658. The van der Waals surface area contributed by atoms with Gasteiger partial charge in [0.25, 0.3) is 0 Å². The number of nitrogens with one attached hydrogen (secondary N) is 1. The molecule has 3 heteroatoms. The third-order valence-electron chi connectivity index (χ3n) is 5.05. The number of rotatable bonds is 5. The maximum Gasteiger partial charge on any atom is 0.0397 e. The second-order valence-electron chi connectivity index (χ2n) is 6.71. The van der Waals surface area contributed by atoms with E-state index >= 15 is 0 Å². The molecule has 0 bridgehead atoms. The van der Waals surface area contributed by atoms with E-state index in [1.165, 1.54) is 55.6 Å². The molecule has 1 aromatic carbocycles. The van der Waals surface area contributed by atoms with Gasteiger partial charge in [0.05, 0.1) is 0 Å². The van der Waals surface area contributed by atoms with E-state index in [1.54, 1.807) is 0 Å². The van der Waals surface area contributed by atoms with Crippen LogP contribution in [-0.2, 0) is 13.0 Å². The molecule has 21 heavy (non-hydrogen) atoms. The number of nitrogens with zero attached hydrogens (tertiary/aromatic N) is 2. The number of benzene rings is 1. The van der Waals surface area contributed by atoms with E-state index in [0.717, 1.165) is 19.6 Å². The van der Waals surface area contributed by atoms with Gasteiger partial charge in [-0.1, -0.05) is 18.6 Å². The third kappa shape index (κ3) is 3.58. The molecule has 2 aliphatic rings. The molecule has 0 radical (unpaired) electrons. The summed E-state index contributed by atoms with van der Waals surface area (Å²) in [5.41, 5.74) is 4.36. The number of hydrogen-bond acceptors (Lipinski definition) is 3. The molecule has 0 aromatic heterocycles. The van der Waals surface area contributed by atoms with Gasteiger partial charge < -0.3 is 10.2 Å². The summed E-state index contributed by atoms with van der Waals surface area (Å²) in [5, 5.41) is 3.65. The molecule has 2 aliphatic heterocycles. The first-order valence-corrected chi connectivity index (χ1v) is 8.52. The van der Waals surface area contributed by atoms with E-state index in [0.29, 0.717) is 6.04 Å². The number of anilines is 1. The summed E-state index contributed by atoms with van der Waals surface area (Å²) in [6, 6.07) is 7.61. The molecular formula is C18H29N3. The standard InChI is InChI=1S/C18H29N3/c1-15(21-9-4-3-5-10-21)13-19-14-16-6-7-18-17(12-16)8-11-20(18)2/h6-7,12,15,19H,3-5,8-11,13-14H2,1-2H3. The average molecular weight is 287 g/mol. The lowest BCUT2D eigenvalue weighted by atomic mass is 10.1. The minimum Gasteiger partial charge on any atom is -0.374 e. The van der Waals surface area contributed by atoms with Gasteiger partial charge in [-0.3, -0.25) is 4.90 Å². The fourth-order valence-electron chi connectivity index (χ4n) is 3.64. The van der Waals surface area contributed by atoms with Crippen LogP contribution in [0, 0.1) is 0 Å². The SMILES string of the molecule is CC(CNCc1ccc2c(c1)CCN2C)N1CCCCC1. The highest BCUT2D eigenvalue weighted by atomic mass is 15.2. The normalized spacial score (nSPS) is 20.6. The smallest absolute Gasteiger partial charge is 0.0397 e. The first-order valence-electron chi connectivity index (χ1n) is 8.52. The molecule has 3 nitrogen and oxygen atoms in total. The van der Waals surface area contributed by atoms with Crippen molar-refractivity contribution < 1.29 is 0 Å². The number of likely N-dealkylation sites (N-methyl/N-ethyl adjacent to an activating group) is 1. The van der Waals surface area contributed by atoms with Crippen LogP contribution in [0.3, 0.4) is 0 Å². The van der Waals surface area contributed by atoms with Crippen LogP contribution in [0.4, 0.5) is 5.69 Å². The zero-order valence-electron chi connectivity index (χ0n) is 13.6. The van der Waals surface area contributed by atoms with Crippen LogP contribution in [0.15, 0.2) is 18.2 Å². The van der Waals surface area contributed by atoms with Gasteiger partial charge in [0, 0.05) is 38.4 Å². The highest BCUT2D eigenvalue weighted by Gasteiger charge is 2.17. The molecule has 1 fully saturated rings. The van der Waals surface area contributed by atoms with Crippen LogP contribution in [0.2, 0.25) is 0 Å². The molecule has 1 saturated heterocycles. The van der Waals surface area contributed by atoms with Crippen LogP contribution in [-0.4, -0.2) is 44.2 Å². The van der Waals surface area contributed by atoms with Gasteiger partial charge in [0.2, 0.25) is 0 Å². The number of fused-ring (bicyclic) bond motifs is 1. The number of hydrogen-bond donors (Lipinski definition) is 1. The van der Waals surface area contributed by atoms with Crippen molar-refractivity contribution in [1.29, 1.82) is 0 Å². The zero-order valence-corrected chi connectivity index (χ0v) is 13.6. The third-order valence-corrected chi connectivity index (χ3v) is 5.05. The molecule has 2 heterocycles. The van der Waals surface area contributed by atoms with E-state index in [2.05, 4.69) is 47.3 Å². The summed E-state index contributed by atoms with van der Waals surface area (Å²) in [5.74, 6) is 0. The summed E-state index contributed by atoms with van der Waals surface area (Å²) >= 11 is 0. The van der Waals surface area contributed by atoms with Crippen molar-refractivity contribution in [3.8, 4) is 0 Å². The minimum atomic E-state index is 0.658. The highest BCUT2D eigenvalue weighted by molar-refractivity contribution is 5.58. The van der Waals surface area contributed by atoms with E-state index in [-0.39, 0.29) is 0 Å². The first-order chi connectivity index (χ1) is 10.2. The molecule has 0 spiro atoms. The van der Waals surface area contributed by atoms with E-state index in [9.17, 15) is 0 Å². The van der Waals surface area contributed by atoms with Crippen molar-refractivity contribution in [2.24, 2.45) is 0 Å². The summed E-state index contributed by atoms with van der Waals surface area (Å²) in [6.07, 6.45) is 5.37. The summed E-state index contributed by atoms with van der Waals surface area (Å²) < 4.78 is 0. The largest absolute Gasteiger partial charge is 0.374 e. The molecule has 1 N–H and O–H groups in total. The molecule has 1 unspecified atom stereocenters. The van der Waals surface area contributed by atoms with E-state index in [1.807, 2.05) is 0 Å². The Morgan fingerprint density at radius 2 is 1.95 bits per heavy atom. The topological polar surface area (TPSA) is 18.5 Å². The van der Waals surface area contributed by atoms with Crippen LogP contribution in [0.1, 0.15) is 37.3 Å². The Morgan fingerprint density at radius 1 is 1.14 bits per heavy atom. The predicted octanol–water partition coefficient (Wildman–Crippen LogP) is 2.64. The molecule has 0 amide bonds. The second-order valence-corrected chi connectivity index (χ2v) is 6.71. The van der Waals surface area contributed by atoms with Gasteiger partial charge in [-0.2, -0.15) is 0 Å². The summed E-state index contributed by atoms with van der Waals surface area (Å²) in [7, 11) is 2.18. The first kappa shape index (κ1) is 14.9. The van der Waals surface area contributed by atoms with Crippen molar-refractivity contribution in [3.05, 3.63) is 29.3 Å². The summed E-state index contributed by atoms with van der Waals surface area (Å²) in [4.78, 5) is 4.99. The van der Waals surface area contributed by atoms with Crippen LogP contribution in [0.25, 0.3) is 0 Å². The van der Waals surface area contributed by atoms with E-state index in [4.69, 9.17) is 0 Å². The Labute approximate surface area is 129 Å². The average Bonchev–Trinajstić information content (AvgIpc) is 2.89. The van der Waals surface area contributed by atoms with Crippen LogP contribution >= 0.6 is 0 Å². The Bertz CT molecular complexity index is 466. The van der Waals surface area contributed by atoms with Gasteiger partial charge in [0.15, 0.2) is 0 Å². The van der Waals surface area contributed by atoms with Crippen molar-refractivity contribution in [3.63, 3.8) is 0 Å². The molecule has 1 aromatic rings. The molecule has 0 saturated carbocycles. The Balaban J connectivity index is 1.47. The lowest BCUT2D eigenvalue weighted by Crippen LogP contribution is -2.42. The van der Waals surface area contributed by atoms with Crippen molar-refractivity contribution in [1.82, 2.24) is 10.2 Å². The van der Waals surface area contributed by atoms with Crippen LogP contribution < -0.4 is 10.2 Å². The van der Waals surface area contributed by atoms with Gasteiger partial charge in [-0.05, 0) is 56.5 Å². The molecule has 3 rings (SSSR count). The zero-order chi connectivity index (χ0) is 14.7. The van der Waals surface area contributed by atoms with Gasteiger partial charge >= 0.3 is 0 Å². The molecule has 1 atom stereocenters. The monoisotopic (exact) mass is 287 g/mol. The van der Waals surface area contributed by atoms with Crippen molar-refractivity contribution in [2.75, 3.05) is 38.1 Å². The quantitative estimate of drug-likeness (QED) is 0.898. The lowest BCUT2D eigenvalue weighted by Gasteiger charge is -2.32. The number of piperidine rings is 1. The van der Waals surface area contributed by atoms with Gasteiger partial charge in [-0.15, -0.1) is 0 Å². The lowest BCUT2D eigenvalue weighted by molar-refractivity contribution is 0.170. The predicted molar refractivity (Wildman–Crippen MR) is 90.0 cm³/mol. The fourth-order valence-corrected chi connectivity index (χ4v) is 3.64. The Hall–Kier alpha value is -1.06. The maximum atomic E-state index is 3.65. The Kier molecular flexibility index (Phi) is 4.81. The summed E-state index contributed by atoms with van der Waals surface area (Å²) in [6.45, 7) is 8.18. The fraction of sp³-hybridized carbons (Fsp3) is 0.667. The van der Waals surface area contributed by atoms with E-state index < -0.39 is 0 Å². The molecule has 116 valence electrons. The molecular weight excluding hydrogens is 258 g/mol. The highest BCUT2D eigenvalue weighted by Crippen LogP contribution is 2.27.